The van der Waals surface area contributed by atoms with Crippen molar-refractivity contribution in [1.29, 1.82) is 0 Å². The number of nitrogens with zero attached hydrogens (tertiary/aromatic N) is 4. The Morgan fingerprint density at radius 3 is 2.31 bits per heavy atom. The number of ether oxygens (including phenoxy) is 2. The fourth-order valence-corrected chi connectivity index (χ4v) is 3.81. The lowest BCUT2D eigenvalue weighted by molar-refractivity contribution is -0.274. The van der Waals surface area contributed by atoms with E-state index in [1.54, 1.807) is 0 Å². The standard InChI is InChI=1S/C25H25F3N4O4/c1-15(2)13-32-21-20(22(33)30(4)24(32)34)31(14-17-10-8-16(3)9-11-17)23(29-21)35-18-6-5-7-19(12-18)36-25(26,27)28/h5-12,15H,13-14H2,1-4H3. The van der Waals surface area contributed by atoms with Crippen molar-refractivity contribution >= 4 is 11.2 Å². The van der Waals surface area contributed by atoms with E-state index in [1.807, 2.05) is 45.0 Å². The topological polar surface area (TPSA) is 80.3 Å². The van der Waals surface area contributed by atoms with E-state index in [1.165, 1.54) is 28.3 Å². The molecule has 0 saturated carbocycles. The highest BCUT2D eigenvalue weighted by molar-refractivity contribution is 5.72. The minimum atomic E-state index is -4.86. The van der Waals surface area contributed by atoms with Gasteiger partial charge in [0.25, 0.3) is 5.56 Å². The van der Waals surface area contributed by atoms with Crippen LogP contribution in [0.25, 0.3) is 11.2 Å². The lowest BCUT2D eigenvalue weighted by Crippen LogP contribution is -2.39. The summed E-state index contributed by atoms with van der Waals surface area (Å²) in [5.41, 5.74) is 1.10. The molecule has 0 N–H and O–H groups in total. The molecule has 11 heteroatoms. The molecule has 0 fully saturated rings. The monoisotopic (exact) mass is 502 g/mol. The van der Waals surface area contributed by atoms with Crippen molar-refractivity contribution in [3.8, 4) is 17.5 Å². The van der Waals surface area contributed by atoms with Crippen LogP contribution in [0.15, 0.2) is 58.1 Å². The van der Waals surface area contributed by atoms with Gasteiger partial charge in [-0.1, -0.05) is 49.7 Å². The molecule has 0 atom stereocenters. The molecule has 4 rings (SSSR count). The molecule has 2 heterocycles. The highest BCUT2D eigenvalue weighted by atomic mass is 19.4. The molecule has 2 aromatic carbocycles. The molecule has 0 saturated heterocycles. The Labute approximate surface area is 204 Å². The van der Waals surface area contributed by atoms with Gasteiger partial charge in [0.05, 0.1) is 6.54 Å². The van der Waals surface area contributed by atoms with Gasteiger partial charge in [-0.2, -0.15) is 4.98 Å². The average molecular weight is 502 g/mol. The molecule has 0 unspecified atom stereocenters. The summed E-state index contributed by atoms with van der Waals surface area (Å²) >= 11 is 0. The molecule has 0 aliphatic heterocycles. The first kappa shape index (κ1) is 25.1. The number of imidazole rings is 1. The average Bonchev–Trinajstić information content (AvgIpc) is 3.13. The largest absolute Gasteiger partial charge is 0.573 e. The Balaban J connectivity index is 1.90. The highest BCUT2D eigenvalue weighted by Gasteiger charge is 2.31. The number of aromatic nitrogens is 4. The van der Waals surface area contributed by atoms with Crippen molar-refractivity contribution < 1.29 is 22.6 Å². The molecule has 4 aromatic rings. The molecule has 0 amide bonds. The van der Waals surface area contributed by atoms with Crippen LogP contribution in [0.3, 0.4) is 0 Å². The zero-order valence-electron chi connectivity index (χ0n) is 20.2. The van der Waals surface area contributed by atoms with Gasteiger partial charge in [-0.25, -0.2) is 4.79 Å². The van der Waals surface area contributed by atoms with E-state index in [0.717, 1.165) is 27.8 Å². The summed E-state index contributed by atoms with van der Waals surface area (Å²) in [6.45, 7) is 6.28. The summed E-state index contributed by atoms with van der Waals surface area (Å²) in [5.74, 6) is -0.369. The number of rotatable bonds is 7. The third-order valence-corrected chi connectivity index (χ3v) is 5.45. The number of aryl methyl sites for hydroxylation is 1. The summed E-state index contributed by atoms with van der Waals surface area (Å²) < 4.78 is 51.9. The summed E-state index contributed by atoms with van der Waals surface area (Å²) in [4.78, 5) is 30.6. The van der Waals surface area contributed by atoms with Crippen molar-refractivity contribution in [2.24, 2.45) is 13.0 Å². The highest BCUT2D eigenvalue weighted by Crippen LogP contribution is 2.30. The van der Waals surface area contributed by atoms with Crippen molar-refractivity contribution in [2.75, 3.05) is 0 Å². The number of hydrogen-bond donors (Lipinski definition) is 0. The Morgan fingerprint density at radius 2 is 1.67 bits per heavy atom. The van der Waals surface area contributed by atoms with Gasteiger partial charge in [0.2, 0.25) is 0 Å². The number of fused-ring (bicyclic) bond motifs is 1. The fraction of sp³-hybridized carbons (Fsp3) is 0.320. The van der Waals surface area contributed by atoms with Gasteiger partial charge in [-0.3, -0.25) is 18.5 Å². The van der Waals surface area contributed by atoms with E-state index in [2.05, 4.69) is 9.72 Å². The summed E-state index contributed by atoms with van der Waals surface area (Å²) in [7, 11) is 1.39. The smallest absolute Gasteiger partial charge is 0.425 e. The van der Waals surface area contributed by atoms with E-state index in [-0.39, 0.29) is 35.4 Å². The first-order valence-corrected chi connectivity index (χ1v) is 11.2. The van der Waals surface area contributed by atoms with Crippen LogP contribution in [0.1, 0.15) is 25.0 Å². The van der Waals surface area contributed by atoms with E-state index in [9.17, 15) is 22.8 Å². The molecule has 0 aliphatic carbocycles. The Morgan fingerprint density at radius 1 is 1.00 bits per heavy atom. The number of hydrogen-bond acceptors (Lipinski definition) is 5. The van der Waals surface area contributed by atoms with Gasteiger partial charge in [0, 0.05) is 19.7 Å². The van der Waals surface area contributed by atoms with Gasteiger partial charge in [0.1, 0.15) is 11.5 Å². The molecule has 8 nitrogen and oxygen atoms in total. The zero-order valence-corrected chi connectivity index (χ0v) is 20.2. The zero-order chi connectivity index (χ0) is 26.2. The normalized spacial score (nSPS) is 11.9. The summed E-state index contributed by atoms with van der Waals surface area (Å²) in [5, 5.41) is 0. The second kappa shape index (κ2) is 9.56. The second-order valence-corrected chi connectivity index (χ2v) is 8.91. The molecule has 190 valence electrons. The van der Waals surface area contributed by atoms with Gasteiger partial charge >= 0.3 is 18.1 Å². The first-order chi connectivity index (χ1) is 16.9. The SMILES string of the molecule is Cc1ccc(Cn2c(Oc3cccc(OC(F)(F)F)c3)nc3c2c(=O)n(C)c(=O)n3CC(C)C)cc1. The molecule has 0 radical (unpaired) electrons. The number of alkyl halides is 3. The number of halogens is 3. The molecular formula is C25H25F3N4O4. The van der Waals surface area contributed by atoms with Crippen molar-refractivity contribution in [1.82, 2.24) is 18.7 Å². The van der Waals surface area contributed by atoms with Crippen LogP contribution in [0, 0.1) is 12.8 Å². The fourth-order valence-electron chi connectivity index (χ4n) is 3.81. The molecule has 36 heavy (non-hydrogen) atoms. The van der Waals surface area contributed by atoms with Crippen LogP contribution in [-0.4, -0.2) is 25.0 Å². The van der Waals surface area contributed by atoms with Crippen molar-refractivity contribution in [3.05, 3.63) is 80.5 Å². The Hall–Kier alpha value is -4.02. The second-order valence-electron chi connectivity index (χ2n) is 8.91. The quantitative estimate of drug-likeness (QED) is 0.369. The van der Waals surface area contributed by atoms with E-state index in [4.69, 9.17) is 4.74 Å². The van der Waals surface area contributed by atoms with E-state index < -0.39 is 23.4 Å². The molecule has 2 aromatic heterocycles. The Kier molecular flexibility index (Phi) is 6.66. The van der Waals surface area contributed by atoms with E-state index in [0.29, 0.717) is 6.54 Å². The van der Waals surface area contributed by atoms with Crippen LogP contribution in [-0.2, 0) is 20.1 Å². The van der Waals surface area contributed by atoms with Crippen LogP contribution >= 0.6 is 0 Å². The van der Waals surface area contributed by atoms with Crippen LogP contribution in [0.2, 0.25) is 0 Å². The minimum Gasteiger partial charge on any atom is -0.425 e. The molecular weight excluding hydrogens is 477 g/mol. The van der Waals surface area contributed by atoms with Crippen LogP contribution in [0.5, 0.6) is 17.5 Å². The van der Waals surface area contributed by atoms with Gasteiger partial charge < -0.3 is 9.47 Å². The Bertz CT molecular complexity index is 1520. The third kappa shape index (κ3) is 5.29. The van der Waals surface area contributed by atoms with Crippen LogP contribution in [0.4, 0.5) is 13.2 Å². The lowest BCUT2D eigenvalue weighted by Gasteiger charge is -2.13. The molecule has 0 bridgehead atoms. The maximum atomic E-state index is 13.2. The van der Waals surface area contributed by atoms with E-state index >= 15 is 0 Å². The lowest BCUT2D eigenvalue weighted by atomic mass is 10.1. The number of benzene rings is 2. The maximum absolute atomic E-state index is 13.2. The maximum Gasteiger partial charge on any atom is 0.573 e. The molecule has 0 aliphatic rings. The van der Waals surface area contributed by atoms with Gasteiger partial charge in [0.15, 0.2) is 11.2 Å². The summed E-state index contributed by atoms with van der Waals surface area (Å²) in [6.07, 6.45) is -4.86. The third-order valence-electron chi connectivity index (χ3n) is 5.45. The van der Waals surface area contributed by atoms with Crippen LogP contribution < -0.4 is 20.7 Å². The van der Waals surface area contributed by atoms with Crippen molar-refractivity contribution in [2.45, 2.75) is 40.2 Å². The predicted octanol–water partition coefficient (Wildman–Crippen LogP) is 4.60. The van der Waals surface area contributed by atoms with Gasteiger partial charge in [-0.05, 0) is 30.5 Å². The predicted molar refractivity (Wildman–Crippen MR) is 128 cm³/mol. The van der Waals surface area contributed by atoms with Crippen molar-refractivity contribution in [3.63, 3.8) is 0 Å². The summed E-state index contributed by atoms with van der Waals surface area (Å²) in [6, 6.07) is 12.6. The first-order valence-electron chi connectivity index (χ1n) is 11.2. The van der Waals surface area contributed by atoms with Gasteiger partial charge in [-0.15, -0.1) is 13.2 Å². The minimum absolute atomic E-state index is 0.0202. The molecule has 0 spiro atoms.